The van der Waals surface area contributed by atoms with Crippen molar-refractivity contribution in [1.29, 1.82) is 0 Å². The monoisotopic (exact) mass is 291 g/mol. The van der Waals surface area contributed by atoms with E-state index in [0.717, 1.165) is 0 Å². The van der Waals surface area contributed by atoms with E-state index in [4.69, 9.17) is 11.6 Å². The van der Waals surface area contributed by atoms with Crippen LogP contribution >= 0.6 is 27.5 Å². The maximum atomic E-state index is 11.6. The van der Waals surface area contributed by atoms with Gasteiger partial charge in [-0.25, -0.2) is 0 Å². The molecule has 0 heterocycles. The van der Waals surface area contributed by atoms with E-state index >= 15 is 0 Å². The Morgan fingerprint density at radius 3 is 2.67 bits per heavy atom. The number of nitrogens with zero attached hydrogens (tertiary/aromatic N) is 1. The van der Waals surface area contributed by atoms with Gasteiger partial charge in [0, 0.05) is 10.5 Å². The molecule has 0 spiro atoms. The first-order valence-electron chi connectivity index (χ1n) is 4.05. The molecule has 1 aromatic carbocycles. The third-order valence-electron chi connectivity index (χ3n) is 1.78. The van der Waals surface area contributed by atoms with Crippen LogP contribution in [0.4, 0.5) is 5.69 Å². The molecule has 1 rings (SSSR count). The lowest BCUT2D eigenvalue weighted by molar-refractivity contribution is -0.385. The first kappa shape index (κ1) is 12.1. The van der Waals surface area contributed by atoms with Crippen molar-refractivity contribution in [3.8, 4) is 0 Å². The van der Waals surface area contributed by atoms with Crippen molar-refractivity contribution in [3.05, 3.63) is 38.3 Å². The third-order valence-corrected chi connectivity index (χ3v) is 2.47. The summed E-state index contributed by atoms with van der Waals surface area (Å²) in [6.45, 7) is 1.48. The lowest BCUT2D eigenvalue weighted by Crippen LogP contribution is -2.12. The van der Waals surface area contributed by atoms with Crippen LogP contribution in [0.5, 0.6) is 0 Å². The standard InChI is InChI=1S/C9H7BrClNO3/c1-5(11)9(13)7-4-6(10)2-3-8(7)12(14)15/h2-5H,1H3. The average Bonchev–Trinajstić information content (AvgIpc) is 2.15. The fraction of sp³-hybridized carbons (Fsp3) is 0.222. The molecule has 80 valence electrons. The van der Waals surface area contributed by atoms with Gasteiger partial charge >= 0.3 is 0 Å². The van der Waals surface area contributed by atoms with E-state index in [9.17, 15) is 14.9 Å². The summed E-state index contributed by atoms with van der Waals surface area (Å²) in [4.78, 5) is 21.6. The molecule has 0 aliphatic rings. The largest absolute Gasteiger partial charge is 0.292 e. The predicted octanol–water partition coefficient (Wildman–Crippen LogP) is 3.17. The van der Waals surface area contributed by atoms with Crippen LogP contribution in [0, 0.1) is 10.1 Å². The van der Waals surface area contributed by atoms with Gasteiger partial charge in [0.25, 0.3) is 5.69 Å². The highest BCUT2D eigenvalue weighted by Gasteiger charge is 2.23. The molecular formula is C9H7BrClNO3. The van der Waals surface area contributed by atoms with Crippen molar-refractivity contribution in [3.63, 3.8) is 0 Å². The summed E-state index contributed by atoms with van der Waals surface area (Å²) in [6.07, 6.45) is 0. The Morgan fingerprint density at radius 1 is 1.60 bits per heavy atom. The van der Waals surface area contributed by atoms with Crippen LogP contribution in [0.3, 0.4) is 0 Å². The van der Waals surface area contributed by atoms with Crippen LogP contribution in [-0.4, -0.2) is 16.1 Å². The van der Waals surface area contributed by atoms with Crippen molar-refractivity contribution in [2.75, 3.05) is 0 Å². The Kier molecular flexibility index (Phi) is 3.82. The van der Waals surface area contributed by atoms with Crippen LogP contribution < -0.4 is 0 Å². The van der Waals surface area contributed by atoms with Gasteiger partial charge in [-0.15, -0.1) is 11.6 Å². The molecule has 1 aromatic rings. The topological polar surface area (TPSA) is 60.2 Å². The maximum Gasteiger partial charge on any atom is 0.280 e. The fourth-order valence-electron chi connectivity index (χ4n) is 1.08. The van der Waals surface area contributed by atoms with Crippen LogP contribution in [0.25, 0.3) is 0 Å². The minimum absolute atomic E-state index is 0.0249. The molecular weight excluding hydrogens is 285 g/mol. The van der Waals surface area contributed by atoms with E-state index in [0.29, 0.717) is 4.47 Å². The molecule has 0 bridgehead atoms. The zero-order chi connectivity index (χ0) is 11.6. The zero-order valence-corrected chi connectivity index (χ0v) is 10.1. The van der Waals surface area contributed by atoms with Gasteiger partial charge in [-0.05, 0) is 19.1 Å². The Hall–Kier alpha value is -0.940. The number of alkyl halides is 1. The van der Waals surface area contributed by atoms with E-state index in [1.807, 2.05) is 0 Å². The molecule has 0 aliphatic carbocycles. The normalized spacial score (nSPS) is 12.2. The molecule has 0 amide bonds. The molecule has 0 N–H and O–H groups in total. The SMILES string of the molecule is CC(Cl)C(=O)c1cc(Br)ccc1[N+](=O)[O-]. The number of hydrogen-bond donors (Lipinski definition) is 0. The van der Waals surface area contributed by atoms with Gasteiger partial charge in [-0.2, -0.15) is 0 Å². The molecule has 1 unspecified atom stereocenters. The van der Waals surface area contributed by atoms with E-state index in [1.165, 1.54) is 25.1 Å². The zero-order valence-electron chi connectivity index (χ0n) is 7.74. The Labute approximate surface area is 99.5 Å². The van der Waals surface area contributed by atoms with Gasteiger partial charge in [0.2, 0.25) is 0 Å². The molecule has 0 fully saturated rings. The van der Waals surface area contributed by atoms with Crippen LogP contribution in [0.1, 0.15) is 17.3 Å². The molecule has 0 radical (unpaired) electrons. The van der Waals surface area contributed by atoms with Crippen molar-refractivity contribution in [2.45, 2.75) is 12.3 Å². The lowest BCUT2D eigenvalue weighted by Gasteiger charge is -2.04. The summed E-state index contributed by atoms with van der Waals surface area (Å²) in [5.74, 6) is -0.454. The predicted molar refractivity (Wildman–Crippen MR) is 60.4 cm³/mol. The van der Waals surface area contributed by atoms with Crippen molar-refractivity contribution in [1.82, 2.24) is 0 Å². The van der Waals surface area contributed by atoms with Crippen LogP contribution in [-0.2, 0) is 0 Å². The smallest absolute Gasteiger partial charge is 0.280 e. The second kappa shape index (κ2) is 4.72. The Morgan fingerprint density at radius 2 is 2.20 bits per heavy atom. The molecule has 6 heteroatoms. The summed E-state index contributed by atoms with van der Waals surface area (Å²) in [5, 5.41) is 9.88. The summed E-state index contributed by atoms with van der Waals surface area (Å²) >= 11 is 8.75. The third kappa shape index (κ3) is 2.76. The second-order valence-electron chi connectivity index (χ2n) is 2.90. The van der Waals surface area contributed by atoms with E-state index in [-0.39, 0.29) is 11.3 Å². The number of rotatable bonds is 3. The first-order chi connectivity index (χ1) is 6.93. The summed E-state index contributed by atoms with van der Waals surface area (Å²) in [7, 11) is 0. The minimum atomic E-state index is -0.780. The van der Waals surface area contributed by atoms with E-state index in [1.54, 1.807) is 0 Å². The molecule has 4 nitrogen and oxygen atoms in total. The number of Topliss-reactive ketones (excluding diaryl/α,β-unsaturated/α-hetero) is 1. The lowest BCUT2D eigenvalue weighted by atomic mass is 10.1. The average molecular weight is 293 g/mol. The molecule has 0 saturated heterocycles. The Bertz CT molecular complexity index is 420. The summed E-state index contributed by atoms with van der Waals surface area (Å²) < 4.78 is 0.605. The number of hydrogen-bond acceptors (Lipinski definition) is 3. The minimum Gasteiger partial charge on any atom is -0.292 e. The molecule has 0 aromatic heterocycles. The highest BCUT2D eigenvalue weighted by Crippen LogP contribution is 2.25. The number of carbonyl (C=O) groups excluding carboxylic acids is 1. The fourth-order valence-corrected chi connectivity index (χ4v) is 1.56. The van der Waals surface area contributed by atoms with Gasteiger partial charge < -0.3 is 0 Å². The number of nitro groups is 1. The maximum absolute atomic E-state index is 11.6. The highest BCUT2D eigenvalue weighted by molar-refractivity contribution is 9.10. The number of nitro benzene ring substituents is 1. The number of halogens is 2. The number of ketones is 1. The van der Waals surface area contributed by atoms with Crippen LogP contribution in [0.2, 0.25) is 0 Å². The van der Waals surface area contributed by atoms with Crippen molar-refractivity contribution >= 4 is 39.0 Å². The summed E-state index contributed by atoms with van der Waals surface area (Å²) in [6, 6.07) is 4.18. The summed E-state index contributed by atoms with van der Waals surface area (Å²) in [5.41, 5.74) is -0.201. The molecule has 0 aliphatic heterocycles. The molecule has 0 saturated carbocycles. The van der Waals surface area contributed by atoms with Crippen molar-refractivity contribution in [2.24, 2.45) is 0 Å². The second-order valence-corrected chi connectivity index (χ2v) is 4.47. The molecule has 1 atom stereocenters. The number of benzene rings is 1. The van der Waals surface area contributed by atoms with Gasteiger partial charge in [-0.3, -0.25) is 14.9 Å². The number of carbonyl (C=O) groups is 1. The van der Waals surface area contributed by atoms with Gasteiger partial charge in [-0.1, -0.05) is 15.9 Å². The van der Waals surface area contributed by atoms with E-state index in [2.05, 4.69) is 15.9 Å². The van der Waals surface area contributed by atoms with Crippen LogP contribution in [0.15, 0.2) is 22.7 Å². The highest BCUT2D eigenvalue weighted by atomic mass is 79.9. The van der Waals surface area contributed by atoms with Gasteiger partial charge in [0.05, 0.1) is 15.9 Å². The molecule has 15 heavy (non-hydrogen) atoms. The Balaban J connectivity index is 3.30. The van der Waals surface area contributed by atoms with Gasteiger partial charge in [0.15, 0.2) is 5.78 Å². The van der Waals surface area contributed by atoms with Crippen molar-refractivity contribution < 1.29 is 9.72 Å². The first-order valence-corrected chi connectivity index (χ1v) is 5.28. The van der Waals surface area contributed by atoms with Gasteiger partial charge in [0.1, 0.15) is 0 Å². The quantitative estimate of drug-likeness (QED) is 0.372. The van der Waals surface area contributed by atoms with E-state index < -0.39 is 16.1 Å².